The SMILES string of the molecule is C/C(C#N)=C1/CCc2ccccc21. The van der Waals surface area contributed by atoms with E-state index in [0.717, 1.165) is 18.4 Å². The van der Waals surface area contributed by atoms with Gasteiger partial charge < -0.3 is 0 Å². The van der Waals surface area contributed by atoms with Crippen molar-refractivity contribution < 1.29 is 0 Å². The number of benzene rings is 1. The van der Waals surface area contributed by atoms with E-state index in [-0.39, 0.29) is 0 Å². The number of nitrogens with zero attached hydrogens (tertiary/aromatic N) is 1. The Morgan fingerprint density at radius 1 is 1.31 bits per heavy atom. The van der Waals surface area contributed by atoms with Gasteiger partial charge in [0.05, 0.1) is 6.07 Å². The van der Waals surface area contributed by atoms with Crippen molar-refractivity contribution in [3.8, 4) is 6.07 Å². The Labute approximate surface area is 78.3 Å². The second kappa shape index (κ2) is 3.06. The predicted molar refractivity (Wildman–Crippen MR) is 53.0 cm³/mol. The van der Waals surface area contributed by atoms with Crippen LogP contribution < -0.4 is 0 Å². The molecule has 0 heterocycles. The highest BCUT2D eigenvalue weighted by molar-refractivity contribution is 5.76. The number of allylic oxidation sites excluding steroid dienone is 2. The van der Waals surface area contributed by atoms with Crippen molar-refractivity contribution in [3.63, 3.8) is 0 Å². The molecule has 1 aliphatic rings. The highest BCUT2D eigenvalue weighted by Gasteiger charge is 2.16. The predicted octanol–water partition coefficient (Wildman–Crippen LogP) is 2.93. The fraction of sp³-hybridized carbons (Fsp3) is 0.250. The molecule has 0 spiro atoms. The van der Waals surface area contributed by atoms with E-state index >= 15 is 0 Å². The first kappa shape index (κ1) is 8.07. The maximum atomic E-state index is 8.81. The van der Waals surface area contributed by atoms with Crippen molar-refractivity contribution in [2.24, 2.45) is 0 Å². The van der Waals surface area contributed by atoms with Crippen LogP contribution in [0.1, 0.15) is 24.5 Å². The van der Waals surface area contributed by atoms with Crippen LogP contribution in [0.15, 0.2) is 29.8 Å². The Balaban J connectivity index is 2.58. The first-order valence-corrected chi connectivity index (χ1v) is 4.51. The van der Waals surface area contributed by atoms with Gasteiger partial charge in [-0.2, -0.15) is 5.26 Å². The number of nitriles is 1. The van der Waals surface area contributed by atoms with Gasteiger partial charge in [0.2, 0.25) is 0 Å². The van der Waals surface area contributed by atoms with Gasteiger partial charge in [0.1, 0.15) is 0 Å². The van der Waals surface area contributed by atoms with Crippen LogP contribution in [-0.4, -0.2) is 0 Å². The van der Waals surface area contributed by atoms with E-state index < -0.39 is 0 Å². The van der Waals surface area contributed by atoms with Crippen molar-refractivity contribution in [2.75, 3.05) is 0 Å². The molecule has 0 aromatic heterocycles. The van der Waals surface area contributed by atoms with Crippen LogP contribution >= 0.6 is 0 Å². The van der Waals surface area contributed by atoms with Gasteiger partial charge in [0.25, 0.3) is 0 Å². The normalized spacial score (nSPS) is 17.8. The largest absolute Gasteiger partial charge is 0.193 e. The maximum Gasteiger partial charge on any atom is 0.0947 e. The molecule has 0 bridgehead atoms. The lowest BCUT2D eigenvalue weighted by molar-refractivity contribution is 1.08. The molecule has 13 heavy (non-hydrogen) atoms. The molecule has 2 rings (SSSR count). The molecule has 0 saturated carbocycles. The van der Waals surface area contributed by atoms with E-state index in [2.05, 4.69) is 24.3 Å². The average Bonchev–Trinajstić information content (AvgIpc) is 2.60. The van der Waals surface area contributed by atoms with Crippen LogP contribution in [0, 0.1) is 11.3 Å². The smallest absolute Gasteiger partial charge is 0.0947 e. The monoisotopic (exact) mass is 169 g/mol. The Bertz CT molecular complexity index is 407. The van der Waals surface area contributed by atoms with E-state index in [1.165, 1.54) is 16.7 Å². The first-order chi connectivity index (χ1) is 6.33. The van der Waals surface area contributed by atoms with E-state index in [1.54, 1.807) is 0 Å². The van der Waals surface area contributed by atoms with E-state index in [1.807, 2.05) is 13.0 Å². The molecule has 1 aromatic rings. The van der Waals surface area contributed by atoms with Crippen LogP contribution in [0.4, 0.5) is 0 Å². The molecule has 0 aliphatic heterocycles. The summed E-state index contributed by atoms with van der Waals surface area (Å²) in [7, 11) is 0. The first-order valence-electron chi connectivity index (χ1n) is 4.51. The van der Waals surface area contributed by atoms with Crippen molar-refractivity contribution in [1.29, 1.82) is 5.26 Å². The van der Waals surface area contributed by atoms with Gasteiger partial charge in [-0.3, -0.25) is 0 Å². The highest BCUT2D eigenvalue weighted by atomic mass is 14.3. The molecule has 0 saturated heterocycles. The van der Waals surface area contributed by atoms with Gasteiger partial charge >= 0.3 is 0 Å². The number of rotatable bonds is 0. The van der Waals surface area contributed by atoms with Crippen molar-refractivity contribution in [1.82, 2.24) is 0 Å². The van der Waals surface area contributed by atoms with Crippen LogP contribution in [-0.2, 0) is 6.42 Å². The number of hydrogen-bond acceptors (Lipinski definition) is 1. The van der Waals surface area contributed by atoms with Crippen molar-refractivity contribution in [3.05, 3.63) is 41.0 Å². The molecular formula is C12H11N. The summed E-state index contributed by atoms with van der Waals surface area (Å²) in [6, 6.07) is 10.6. The minimum atomic E-state index is 0.866. The summed E-state index contributed by atoms with van der Waals surface area (Å²) in [5.41, 5.74) is 4.76. The lowest BCUT2D eigenvalue weighted by Gasteiger charge is -2.00. The Hall–Kier alpha value is -1.55. The third-order valence-electron chi connectivity index (χ3n) is 2.61. The lowest BCUT2D eigenvalue weighted by atomic mass is 10.0. The zero-order chi connectivity index (χ0) is 9.26. The highest BCUT2D eigenvalue weighted by Crippen LogP contribution is 2.33. The minimum Gasteiger partial charge on any atom is -0.193 e. The lowest BCUT2D eigenvalue weighted by Crippen LogP contribution is -1.81. The average molecular weight is 169 g/mol. The third-order valence-corrected chi connectivity index (χ3v) is 2.61. The summed E-state index contributed by atoms with van der Waals surface area (Å²) in [4.78, 5) is 0. The maximum absolute atomic E-state index is 8.81. The molecule has 1 aromatic carbocycles. The van der Waals surface area contributed by atoms with Crippen LogP contribution in [0.3, 0.4) is 0 Å². The minimum absolute atomic E-state index is 0.866. The summed E-state index contributed by atoms with van der Waals surface area (Å²) in [5, 5.41) is 8.81. The van der Waals surface area contributed by atoms with Gasteiger partial charge in [-0.05, 0) is 36.5 Å². The van der Waals surface area contributed by atoms with Crippen LogP contribution in [0.25, 0.3) is 5.57 Å². The number of aryl methyl sites for hydroxylation is 1. The summed E-state index contributed by atoms with van der Waals surface area (Å²) in [5.74, 6) is 0. The molecule has 0 N–H and O–H groups in total. The van der Waals surface area contributed by atoms with Crippen molar-refractivity contribution >= 4 is 5.57 Å². The molecule has 0 unspecified atom stereocenters. The third kappa shape index (κ3) is 1.25. The molecular weight excluding hydrogens is 158 g/mol. The molecule has 1 heteroatoms. The zero-order valence-corrected chi connectivity index (χ0v) is 7.67. The van der Waals surface area contributed by atoms with Gasteiger partial charge in [0, 0.05) is 5.57 Å². The Morgan fingerprint density at radius 3 is 2.85 bits per heavy atom. The molecule has 0 radical (unpaired) electrons. The number of hydrogen-bond donors (Lipinski definition) is 0. The fourth-order valence-electron chi connectivity index (χ4n) is 1.88. The Morgan fingerprint density at radius 2 is 2.08 bits per heavy atom. The molecule has 1 nitrogen and oxygen atoms in total. The quantitative estimate of drug-likeness (QED) is 0.548. The van der Waals surface area contributed by atoms with E-state index in [4.69, 9.17) is 5.26 Å². The molecule has 1 aliphatic carbocycles. The van der Waals surface area contributed by atoms with E-state index in [0.29, 0.717) is 0 Å². The number of fused-ring (bicyclic) bond motifs is 1. The fourth-order valence-corrected chi connectivity index (χ4v) is 1.88. The van der Waals surface area contributed by atoms with Gasteiger partial charge in [-0.1, -0.05) is 24.3 Å². The van der Waals surface area contributed by atoms with Crippen molar-refractivity contribution in [2.45, 2.75) is 19.8 Å². The van der Waals surface area contributed by atoms with Crippen LogP contribution in [0.2, 0.25) is 0 Å². The standard InChI is InChI=1S/C12H11N/c1-9(8-13)11-7-6-10-4-2-3-5-12(10)11/h2-5H,6-7H2,1H3/b11-9+. The summed E-state index contributed by atoms with van der Waals surface area (Å²) in [6.45, 7) is 1.90. The molecule has 0 fully saturated rings. The molecule has 0 atom stereocenters. The zero-order valence-electron chi connectivity index (χ0n) is 7.67. The summed E-state index contributed by atoms with van der Waals surface area (Å²) in [6.07, 6.45) is 2.11. The Kier molecular flexibility index (Phi) is 1.90. The second-order valence-corrected chi connectivity index (χ2v) is 3.37. The molecule has 0 amide bonds. The summed E-state index contributed by atoms with van der Waals surface area (Å²) >= 11 is 0. The van der Waals surface area contributed by atoms with Gasteiger partial charge in [-0.25, -0.2) is 0 Å². The van der Waals surface area contributed by atoms with E-state index in [9.17, 15) is 0 Å². The topological polar surface area (TPSA) is 23.8 Å². The van der Waals surface area contributed by atoms with Gasteiger partial charge in [0.15, 0.2) is 0 Å². The second-order valence-electron chi connectivity index (χ2n) is 3.37. The van der Waals surface area contributed by atoms with Gasteiger partial charge in [-0.15, -0.1) is 0 Å². The van der Waals surface area contributed by atoms with Crippen LogP contribution in [0.5, 0.6) is 0 Å². The summed E-state index contributed by atoms with van der Waals surface area (Å²) < 4.78 is 0. The molecule has 64 valence electrons.